The van der Waals surface area contributed by atoms with E-state index in [9.17, 15) is 14.7 Å². The summed E-state index contributed by atoms with van der Waals surface area (Å²) in [7, 11) is 0. The second kappa shape index (κ2) is 10.7. The molecule has 1 saturated heterocycles. The fraction of sp³-hybridized carbons (Fsp3) is 0.138. The molecular formula is C29H23ClN2O5S. The lowest BCUT2D eigenvalue weighted by Crippen LogP contribution is -2.29. The summed E-state index contributed by atoms with van der Waals surface area (Å²) in [6.45, 7) is 6.40. The van der Waals surface area contributed by atoms with E-state index in [1.165, 1.54) is 16.2 Å². The van der Waals surface area contributed by atoms with Crippen LogP contribution in [0.5, 0.6) is 11.5 Å². The Balaban J connectivity index is 1.65. The molecule has 38 heavy (non-hydrogen) atoms. The first-order valence-electron chi connectivity index (χ1n) is 11.8. The zero-order valence-corrected chi connectivity index (χ0v) is 22.0. The van der Waals surface area contributed by atoms with Gasteiger partial charge in [-0.2, -0.15) is 0 Å². The zero-order chi connectivity index (χ0) is 26.8. The number of hydrogen-bond donors (Lipinski definition) is 1. The zero-order valence-electron chi connectivity index (χ0n) is 20.4. The molecule has 192 valence electrons. The van der Waals surface area contributed by atoms with Gasteiger partial charge in [-0.05, 0) is 67.1 Å². The summed E-state index contributed by atoms with van der Waals surface area (Å²) in [4.78, 5) is 32.9. The van der Waals surface area contributed by atoms with Crippen molar-refractivity contribution in [1.82, 2.24) is 4.98 Å². The van der Waals surface area contributed by atoms with E-state index >= 15 is 0 Å². The molecule has 0 spiro atoms. The lowest BCUT2D eigenvalue weighted by atomic mass is 9.95. The first-order valence-corrected chi connectivity index (χ1v) is 13.0. The van der Waals surface area contributed by atoms with E-state index in [4.69, 9.17) is 21.1 Å². The number of aliphatic hydroxyl groups excluding tert-OH is 1. The number of nitrogens with zero attached hydrogens (tertiary/aromatic N) is 2. The number of Topliss-reactive ketones (excluding diaryl/α,β-unsaturated/α-hetero) is 1. The number of carbonyl (C=O) groups is 2. The number of aromatic nitrogens is 1. The number of halogens is 1. The van der Waals surface area contributed by atoms with E-state index in [0.29, 0.717) is 51.5 Å². The van der Waals surface area contributed by atoms with Crippen molar-refractivity contribution >= 4 is 55.7 Å². The van der Waals surface area contributed by atoms with Crippen molar-refractivity contribution in [2.24, 2.45) is 0 Å². The highest BCUT2D eigenvalue weighted by atomic mass is 35.5. The monoisotopic (exact) mass is 546 g/mol. The predicted molar refractivity (Wildman–Crippen MR) is 149 cm³/mol. The molecule has 0 saturated carbocycles. The number of fused-ring (bicyclic) bond motifs is 1. The fourth-order valence-corrected chi connectivity index (χ4v) is 5.41. The minimum atomic E-state index is -0.911. The molecule has 1 atom stereocenters. The quantitative estimate of drug-likeness (QED) is 0.117. The fourth-order valence-electron chi connectivity index (χ4n) is 4.26. The summed E-state index contributed by atoms with van der Waals surface area (Å²) in [5.41, 5.74) is 1.61. The van der Waals surface area contributed by atoms with Crippen LogP contribution >= 0.6 is 22.9 Å². The van der Waals surface area contributed by atoms with Crippen LogP contribution in [0, 0.1) is 0 Å². The molecule has 1 unspecified atom stereocenters. The van der Waals surface area contributed by atoms with E-state index in [2.05, 4.69) is 11.6 Å². The average Bonchev–Trinajstić information content (AvgIpc) is 3.45. The normalized spacial score (nSPS) is 16.7. The summed E-state index contributed by atoms with van der Waals surface area (Å²) in [6.07, 6.45) is 1.64. The van der Waals surface area contributed by atoms with Crippen LogP contribution in [0.4, 0.5) is 5.13 Å². The van der Waals surface area contributed by atoms with Gasteiger partial charge in [-0.3, -0.25) is 14.5 Å². The van der Waals surface area contributed by atoms with Gasteiger partial charge in [0.15, 0.2) is 5.13 Å². The Bertz CT molecular complexity index is 1560. The largest absolute Gasteiger partial charge is 0.507 e. The maximum atomic E-state index is 13.5. The van der Waals surface area contributed by atoms with Gasteiger partial charge in [0, 0.05) is 10.6 Å². The van der Waals surface area contributed by atoms with Crippen molar-refractivity contribution in [3.05, 3.63) is 101 Å². The Morgan fingerprint density at radius 2 is 1.79 bits per heavy atom. The number of ether oxygens (including phenoxy) is 2. The maximum absolute atomic E-state index is 13.5. The molecule has 7 nitrogen and oxygen atoms in total. The van der Waals surface area contributed by atoms with E-state index < -0.39 is 17.7 Å². The molecule has 1 aliphatic heterocycles. The molecular weight excluding hydrogens is 524 g/mol. The van der Waals surface area contributed by atoms with Crippen LogP contribution in [0.1, 0.15) is 24.1 Å². The second-order valence-corrected chi connectivity index (χ2v) is 9.85. The molecule has 1 amide bonds. The molecule has 9 heteroatoms. The molecule has 0 radical (unpaired) electrons. The SMILES string of the molecule is C=CCOc1ccc(C2C(=C(O)c3ccc(Cl)cc3)C(=O)C(=O)N2c2nc3ccc(OCC)cc3s2)cc1. The Hall–Kier alpha value is -4.14. The van der Waals surface area contributed by atoms with E-state index in [0.717, 1.165) is 4.70 Å². The molecule has 3 aromatic carbocycles. The predicted octanol–water partition coefficient (Wildman–Crippen LogP) is 6.54. The number of benzene rings is 3. The molecule has 4 aromatic rings. The molecule has 1 N–H and O–H groups in total. The van der Waals surface area contributed by atoms with Crippen molar-refractivity contribution in [3.63, 3.8) is 0 Å². The van der Waals surface area contributed by atoms with Gasteiger partial charge in [0.2, 0.25) is 0 Å². The molecule has 5 rings (SSSR count). The summed E-state index contributed by atoms with van der Waals surface area (Å²) < 4.78 is 12.0. The van der Waals surface area contributed by atoms with E-state index in [1.807, 2.05) is 25.1 Å². The number of hydrogen-bond acceptors (Lipinski definition) is 7. The highest BCUT2D eigenvalue weighted by Crippen LogP contribution is 2.45. The van der Waals surface area contributed by atoms with Crippen LogP contribution in [0.15, 0.2) is 85.0 Å². The first-order chi connectivity index (χ1) is 18.4. The van der Waals surface area contributed by atoms with Gasteiger partial charge in [0.1, 0.15) is 23.9 Å². The van der Waals surface area contributed by atoms with Crippen molar-refractivity contribution < 1.29 is 24.2 Å². The van der Waals surface area contributed by atoms with Crippen molar-refractivity contribution in [1.29, 1.82) is 0 Å². The lowest BCUT2D eigenvalue weighted by Gasteiger charge is -2.23. The van der Waals surface area contributed by atoms with Crippen molar-refractivity contribution in [2.45, 2.75) is 13.0 Å². The number of thiazole rings is 1. The van der Waals surface area contributed by atoms with Gasteiger partial charge < -0.3 is 14.6 Å². The highest BCUT2D eigenvalue weighted by Gasteiger charge is 2.48. The maximum Gasteiger partial charge on any atom is 0.301 e. The molecule has 0 aliphatic carbocycles. The van der Waals surface area contributed by atoms with Gasteiger partial charge in [0.25, 0.3) is 5.78 Å². The number of ketones is 1. The van der Waals surface area contributed by atoms with Gasteiger partial charge in [-0.1, -0.05) is 47.7 Å². The minimum absolute atomic E-state index is 0.0358. The summed E-state index contributed by atoms with van der Waals surface area (Å²) in [5, 5.41) is 12.1. The summed E-state index contributed by atoms with van der Waals surface area (Å²) >= 11 is 7.28. The third kappa shape index (κ3) is 4.76. The van der Waals surface area contributed by atoms with Crippen LogP contribution in [-0.2, 0) is 9.59 Å². The van der Waals surface area contributed by atoms with Gasteiger partial charge in [0.05, 0.1) is 28.4 Å². The van der Waals surface area contributed by atoms with Crippen LogP contribution in [-0.4, -0.2) is 35.0 Å². The Morgan fingerprint density at radius 1 is 1.08 bits per heavy atom. The van der Waals surface area contributed by atoms with Crippen LogP contribution in [0.25, 0.3) is 16.0 Å². The van der Waals surface area contributed by atoms with Gasteiger partial charge in [-0.15, -0.1) is 0 Å². The Morgan fingerprint density at radius 3 is 2.47 bits per heavy atom. The molecule has 0 bridgehead atoms. The van der Waals surface area contributed by atoms with Gasteiger partial charge in [-0.25, -0.2) is 4.98 Å². The Kier molecular flexibility index (Phi) is 7.18. The molecule has 1 aromatic heterocycles. The van der Waals surface area contributed by atoms with E-state index in [1.54, 1.807) is 54.6 Å². The molecule has 2 heterocycles. The number of anilines is 1. The third-order valence-corrected chi connectivity index (χ3v) is 7.26. The highest BCUT2D eigenvalue weighted by molar-refractivity contribution is 7.22. The number of carbonyl (C=O) groups excluding carboxylic acids is 2. The van der Waals surface area contributed by atoms with Crippen LogP contribution in [0.3, 0.4) is 0 Å². The lowest BCUT2D eigenvalue weighted by molar-refractivity contribution is -0.132. The number of aliphatic hydroxyl groups is 1. The minimum Gasteiger partial charge on any atom is -0.507 e. The summed E-state index contributed by atoms with van der Waals surface area (Å²) in [5.74, 6) is -0.581. The van der Waals surface area contributed by atoms with Crippen molar-refractivity contribution in [3.8, 4) is 11.5 Å². The number of amides is 1. The molecule has 1 aliphatic rings. The number of rotatable bonds is 8. The third-order valence-electron chi connectivity index (χ3n) is 5.99. The topological polar surface area (TPSA) is 89.0 Å². The first kappa shape index (κ1) is 25.5. The standard InChI is InChI=1S/C29H23ClN2O5S/c1-3-15-37-20-11-7-17(8-12-20)25-24(26(33)18-5-9-19(30)10-6-18)27(34)28(35)32(25)29-31-22-14-13-21(36-4-2)16-23(22)38-29/h3,5-14,16,25,33H,1,4,15H2,2H3. The average molecular weight is 547 g/mol. The smallest absolute Gasteiger partial charge is 0.301 e. The Labute approximate surface area is 228 Å². The van der Waals surface area contributed by atoms with Crippen molar-refractivity contribution in [2.75, 3.05) is 18.1 Å². The molecule has 1 fully saturated rings. The van der Waals surface area contributed by atoms with Crippen LogP contribution < -0.4 is 14.4 Å². The van der Waals surface area contributed by atoms with E-state index in [-0.39, 0.29) is 11.3 Å². The van der Waals surface area contributed by atoms with Crippen LogP contribution in [0.2, 0.25) is 5.02 Å². The second-order valence-electron chi connectivity index (χ2n) is 8.40. The van der Waals surface area contributed by atoms with Gasteiger partial charge >= 0.3 is 5.91 Å². The summed E-state index contributed by atoms with van der Waals surface area (Å²) in [6, 6.07) is 18.0.